The van der Waals surface area contributed by atoms with Crippen LogP contribution in [0.1, 0.15) is 0 Å². The maximum absolute atomic E-state index is 11.8. The van der Waals surface area contributed by atoms with E-state index in [2.05, 4.69) is 15.6 Å². The van der Waals surface area contributed by atoms with Crippen LogP contribution in [-0.4, -0.2) is 13.4 Å². The van der Waals surface area contributed by atoms with Gasteiger partial charge < -0.3 is 10.2 Å². The molecule has 0 radical (unpaired) electrons. The molecule has 78 valence electrons. The molecular formula is C8H9F3N2O. The molecule has 0 unspecified atom stereocenters. The Hall–Kier alpha value is -1.43. The Kier molecular flexibility index (Phi) is 3.19. The van der Waals surface area contributed by atoms with E-state index < -0.39 is 6.36 Å². The van der Waals surface area contributed by atoms with Crippen LogP contribution in [0.25, 0.3) is 0 Å². The molecule has 0 spiro atoms. The Morgan fingerprint density at radius 2 is 2.00 bits per heavy atom. The average Bonchev–Trinajstić information content (AvgIpc) is 2.02. The number of alkyl halides is 3. The topological polar surface area (TPSA) is 33.3 Å². The Labute approximate surface area is 78.8 Å². The monoisotopic (exact) mass is 206 g/mol. The van der Waals surface area contributed by atoms with Crippen LogP contribution < -0.4 is 15.6 Å². The summed E-state index contributed by atoms with van der Waals surface area (Å²) in [5.41, 5.74) is 5.72. The highest BCUT2D eigenvalue weighted by molar-refractivity contribution is 5.47. The van der Waals surface area contributed by atoms with Crippen LogP contribution in [0.15, 0.2) is 24.3 Å². The minimum atomic E-state index is -4.65. The number of hydrogen-bond donors (Lipinski definition) is 2. The van der Waals surface area contributed by atoms with E-state index in [0.717, 1.165) is 0 Å². The molecule has 3 nitrogen and oxygen atoms in total. The van der Waals surface area contributed by atoms with Crippen molar-refractivity contribution in [1.82, 2.24) is 5.43 Å². The molecular weight excluding hydrogens is 197 g/mol. The molecule has 0 saturated heterocycles. The van der Waals surface area contributed by atoms with Crippen LogP contribution in [0, 0.1) is 0 Å². The second-order valence-electron chi connectivity index (χ2n) is 2.45. The first kappa shape index (κ1) is 10.6. The van der Waals surface area contributed by atoms with E-state index in [1.165, 1.54) is 18.2 Å². The number of nitrogens with one attached hydrogen (secondary N) is 2. The first-order chi connectivity index (χ1) is 6.51. The molecule has 0 aromatic heterocycles. The lowest BCUT2D eigenvalue weighted by molar-refractivity contribution is -0.274. The molecule has 0 heterocycles. The predicted molar refractivity (Wildman–Crippen MR) is 45.8 cm³/mol. The van der Waals surface area contributed by atoms with Crippen molar-refractivity contribution in [2.45, 2.75) is 6.36 Å². The van der Waals surface area contributed by atoms with E-state index in [1.807, 2.05) is 0 Å². The summed E-state index contributed by atoms with van der Waals surface area (Å²) in [5, 5.41) is 0. The summed E-state index contributed by atoms with van der Waals surface area (Å²) in [4.78, 5) is 0. The molecule has 0 saturated carbocycles. The van der Waals surface area contributed by atoms with E-state index in [4.69, 9.17) is 0 Å². The average molecular weight is 206 g/mol. The molecule has 0 aliphatic carbocycles. The normalized spacial score (nSPS) is 11.1. The van der Waals surface area contributed by atoms with Crippen LogP contribution in [0.3, 0.4) is 0 Å². The van der Waals surface area contributed by atoms with Gasteiger partial charge in [-0.15, -0.1) is 13.2 Å². The fourth-order valence-corrected chi connectivity index (χ4v) is 0.915. The van der Waals surface area contributed by atoms with Gasteiger partial charge in [-0.25, -0.2) is 5.43 Å². The van der Waals surface area contributed by atoms with Gasteiger partial charge in [-0.1, -0.05) is 6.07 Å². The number of anilines is 1. The van der Waals surface area contributed by atoms with Crippen molar-refractivity contribution in [1.29, 1.82) is 0 Å². The van der Waals surface area contributed by atoms with Gasteiger partial charge in [-0.2, -0.15) is 0 Å². The van der Waals surface area contributed by atoms with Gasteiger partial charge in [0.15, 0.2) is 0 Å². The minimum Gasteiger partial charge on any atom is -0.406 e. The quantitative estimate of drug-likeness (QED) is 0.743. The molecule has 0 bridgehead atoms. The lowest BCUT2D eigenvalue weighted by Crippen LogP contribution is -2.18. The van der Waals surface area contributed by atoms with Crippen molar-refractivity contribution >= 4 is 5.69 Å². The molecule has 0 fully saturated rings. The standard InChI is InChI=1S/C8H9F3N2O/c1-12-13-6-3-2-4-7(5-6)14-8(9,10)11/h2-5,12-13H,1H3. The van der Waals surface area contributed by atoms with Gasteiger partial charge in [0.1, 0.15) is 5.75 Å². The summed E-state index contributed by atoms with van der Waals surface area (Å²) in [7, 11) is 1.61. The highest BCUT2D eigenvalue weighted by Crippen LogP contribution is 2.24. The highest BCUT2D eigenvalue weighted by atomic mass is 19.4. The van der Waals surface area contributed by atoms with Crippen LogP contribution in [0.4, 0.5) is 18.9 Å². The number of halogens is 3. The number of hydrazine groups is 1. The molecule has 1 aromatic carbocycles. The largest absolute Gasteiger partial charge is 0.573 e. The SMILES string of the molecule is CNNc1cccc(OC(F)(F)F)c1. The third-order valence-electron chi connectivity index (χ3n) is 1.34. The number of ether oxygens (including phenoxy) is 1. The van der Waals surface area contributed by atoms with Crippen LogP contribution in [0.2, 0.25) is 0 Å². The molecule has 0 atom stereocenters. The van der Waals surface area contributed by atoms with E-state index in [-0.39, 0.29) is 5.75 Å². The summed E-state index contributed by atoms with van der Waals surface area (Å²) in [6.45, 7) is 0. The van der Waals surface area contributed by atoms with Crippen molar-refractivity contribution in [3.8, 4) is 5.75 Å². The lowest BCUT2D eigenvalue weighted by Gasteiger charge is -2.10. The van der Waals surface area contributed by atoms with Crippen molar-refractivity contribution in [2.24, 2.45) is 0 Å². The van der Waals surface area contributed by atoms with Crippen LogP contribution >= 0.6 is 0 Å². The summed E-state index contributed by atoms with van der Waals surface area (Å²) < 4.78 is 39.1. The van der Waals surface area contributed by atoms with Crippen molar-refractivity contribution in [3.05, 3.63) is 24.3 Å². The Balaban J connectivity index is 2.73. The van der Waals surface area contributed by atoms with E-state index >= 15 is 0 Å². The van der Waals surface area contributed by atoms with Gasteiger partial charge in [0.05, 0.1) is 5.69 Å². The Morgan fingerprint density at radius 3 is 2.57 bits per heavy atom. The maximum Gasteiger partial charge on any atom is 0.573 e. The molecule has 0 aliphatic rings. The van der Waals surface area contributed by atoms with Gasteiger partial charge in [0.25, 0.3) is 0 Å². The zero-order valence-corrected chi connectivity index (χ0v) is 7.35. The Morgan fingerprint density at radius 1 is 1.29 bits per heavy atom. The Bertz CT molecular complexity index is 301. The van der Waals surface area contributed by atoms with Gasteiger partial charge in [-0.05, 0) is 12.1 Å². The number of hydrogen-bond acceptors (Lipinski definition) is 3. The maximum atomic E-state index is 11.8. The van der Waals surface area contributed by atoms with Crippen molar-refractivity contribution in [2.75, 3.05) is 12.5 Å². The molecule has 0 aliphatic heterocycles. The predicted octanol–water partition coefficient (Wildman–Crippen LogP) is 2.13. The first-order valence-corrected chi connectivity index (χ1v) is 3.80. The van der Waals surface area contributed by atoms with Crippen molar-refractivity contribution in [3.63, 3.8) is 0 Å². The summed E-state index contributed by atoms with van der Waals surface area (Å²) in [6.07, 6.45) is -4.65. The summed E-state index contributed by atoms with van der Waals surface area (Å²) in [6, 6.07) is 5.54. The molecule has 0 amide bonds. The molecule has 1 rings (SSSR count). The van der Waals surface area contributed by atoms with Crippen molar-refractivity contribution < 1.29 is 17.9 Å². The zero-order chi connectivity index (χ0) is 10.6. The zero-order valence-electron chi connectivity index (χ0n) is 7.35. The van der Waals surface area contributed by atoms with E-state index in [1.54, 1.807) is 13.1 Å². The van der Waals surface area contributed by atoms with Crippen LogP contribution in [0.5, 0.6) is 5.75 Å². The fourth-order valence-electron chi connectivity index (χ4n) is 0.915. The minimum absolute atomic E-state index is 0.252. The van der Waals surface area contributed by atoms with Gasteiger partial charge in [0.2, 0.25) is 0 Å². The fraction of sp³-hybridized carbons (Fsp3) is 0.250. The number of rotatable bonds is 3. The summed E-state index contributed by atoms with van der Waals surface area (Å²) in [5.74, 6) is -0.252. The van der Waals surface area contributed by atoms with Gasteiger partial charge in [0, 0.05) is 13.1 Å². The van der Waals surface area contributed by atoms with Crippen LogP contribution in [-0.2, 0) is 0 Å². The van der Waals surface area contributed by atoms with E-state index in [9.17, 15) is 13.2 Å². The third kappa shape index (κ3) is 3.53. The molecule has 14 heavy (non-hydrogen) atoms. The third-order valence-corrected chi connectivity index (χ3v) is 1.34. The molecule has 2 N–H and O–H groups in total. The molecule has 1 aromatic rings. The second-order valence-corrected chi connectivity index (χ2v) is 2.45. The van der Waals surface area contributed by atoms with E-state index in [0.29, 0.717) is 5.69 Å². The smallest absolute Gasteiger partial charge is 0.406 e. The lowest BCUT2D eigenvalue weighted by atomic mass is 10.3. The highest BCUT2D eigenvalue weighted by Gasteiger charge is 2.31. The first-order valence-electron chi connectivity index (χ1n) is 3.80. The molecule has 6 heteroatoms. The number of benzene rings is 1. The van der Waals surface area contributed by atoms with Gasteiger partial charge in [-0.3, -0.25) is 0 Å². The second kappa shape index (κ2) is 4.19. The summed E-state index contributed by atoms with van der Waals surface area (Å²) >= 11 is 0. The van der Waals surface area contributed by atoms with Gasteiger partial charge >= 0.3 is 6.36 Å².